The van der Waals surface area contributed by atoms with Crippen molar-refractivity contribution >= 4 is 18.2 Å². The summed E-state index contributed by atoms with van der Waals surface area (Å²) in [5.41, 5.74) is 15.1. The molecule has 0 spiro atoms. The summed E-state index contributed by atoms with van der Waals surface area (Å²) in [5.74, 6) is 0. The van der Waals surface area contributed by atoms with Gasteiger partial charge in [0, 0.05) is 11.4 Å². The number of carbonyl (C=O) groups is 1. The van der Waals surface area contributed by atoms with Gasteiger partial charge in [0.05, 0.1) is 0 Å². The van der Waals surface area contributed by atoms with Crippen molar-refractivity contribution in [3.05, 3.63) is 59.7 Å². The number of carbonyl (C=O) groups excluding carboxylic acids is 1. The van der Waals surface area contributed by atoms with E-state index in [0.717, 1.165) is 22.5 Å². The van der Waals surface area contributed by atoms with E-state index in [1.807, 2.05) is 69.2 Å². The molecule has 0 aromatic heterocycles. The van der Waals surface area contributed by atoms with Crippen LogP contribution in [0.15, 0.2) is 48.5 Å². The van der Waals surface area contributed by atoms with Gasteiger partial charge in [-0.05, 0) is 37.1 Å². The Balaban J connectivity index is 0.000000283. The molecule has 2 aromatic carbocycles. The molecule has 0 heterocycles. The van der Waals surface area contributed by atoms with Crippen molar-refractivity contribution in [1.29, 1.82) is 0 Å². The number of benzene rings is 2. The van der Waals surface area contributed by atoms with Gasteiger partial charge in [-0.15, -0.1) is 0 Å². The van der Waals surface area contributed by atoms with E-state index in [1.165, 1.54) is 0 Å². The second-order valence-corrected chi connectivity index (χ2v) is 3.71. The van der Waals surface area contributed by atoms with Gasteiger partial charge < -0.3 is 16.3 Å². The number of hydrogen-bond donors (Lipinski definition) is 2. The number of rotatable bonds is 0. The van der Waals surface area contributed by atoms with Crippen LogP contribution in [-0.2, 0) is 4.79 Å². The Kier molecular flexibility index (Phi) is 7.69. The van der Waals surface area contributed by atoms with Gasteiger partial charge in [0.25, 0.3) is 0 Å². The van der Waals surface area contributed by atoms with Crippen LogP contribution in [0.2, 0.25) is 0 Å². The van der Waals surface area contributed by atoms with E-state index in [-0.39, 0.29) is 0 Å². The van der Waals surface area contributed by atoms with Crippen LogP contribution in [0.5, 0.6) is 0 Å². The minimum Gasteiger partial charge on any atom is -0.399 e. The maximum Gasteiger partial charge on any atom is 0.106 e. The van der Waals surface area contributed by atoms with Crippen LogP contribution in [0.3, 0.4) is 0 Å². The van der Waals surface area contributed by atoms with E-state index in [0.29, 0.717) is 0 Å². The minimum absolute atomic E-state index is 0.868. The molecule has 0 amide bonds. The van der Waals surface area contributed by atoms with Gasteiger partial charge in [-0.3, -0.25) is 0 Å². The second kappa shape index (κ2) is 8.82. The largest absolute Gasteiger partial charge is 0.399 e. The smallest absolute Gasteiger partial charge is 0.106 e. The zero-order valence-electron chi connectivity index (χ0n) is 10.9. The fourth-order valence-corrected chi connectivity index (χ4v) is 1.17. The van der Waals surface area contributed by atoms with Crippen molar-refractivity contribution in [2.45, 2.75) is 13.8 Å². The molecule has 0 bridgehead atoms. The molecule has 18 heavy (non-hydrogen) atoms. The minimum atomic E-state index is 0.868. The predicted molar refractivity (Wildman–Crippen MR) is 78.3 cm³/mol. The highest BCUT2D eigenvalue weighted by atomic mass is 16.1. The summed E-state index contributed by atoms with van der Waals surface area (Å²) in [4.78, 5) is 8.00. The molecule has 0 radical (unpaired) electrons. The van der Waals surface area contributed by atoms with Crippen molar-refractivity contribution < 1.29 is 4.79 Å². The van der Waals surface area contributed by atoms with E-state index in [2.05, 4.69) is 0 Å². The Bertz CT molecular complexity index is 384. The summed E-state index contributed by atoms with van der Waals surface area (Å²) in [5, 5.41) is 0. The first-order valence-electron chi connectivity index (χ1n) is 5.52. The highest BCUT2D eigenvalue weighted by molar-refractivity contribution is 5.45. The van der Waals surface area contributed by atoms with Gasteiger partial charge in [0.2, 0.25) is 0 Å². The molecule has 0 aliphatic rings. The second-order valence-electron chi connectivity index (χ2n) is 3.71. The Labute approximate surface area is 108 Å². The Morgan fingerprint density at radius 2 is 1.00 bits per heavy atom. The van der Waals surface area contributed by atoms with Gasteiger partial charge in [-0.1, -0.05) is 36.4 Å². The quantitative estimate of drug-likeness (QED) is 0.700. The first-order chi connectivity index (χ1) is 8.61. The van der Waals surface area contributed by atoms with Crippen LogP contribution in [0, 0.1) is 13.8 Å². The molecule has 3 heteroatoms. The lowest BCUT2D eigenvalue weighted by Crippen LogP contribution is -1.85. The zero-order valence-corrected chi connectivity index (χ0v) is 10.9. The number of nitrogens with two attached hydrogens (primary N) is 2. The number of aryl methyl sites for hydroxylation is 2. The van der Waals surface area contributed by atoms with Crippen molar-refractivity contribution in [3.63, 3.8) is 0 Å². The summed E-state index contributed by atoms with van der Waals surface area (Å²) < 4.78 is 0. The normalized spacial score (nSPS) is 8.33. The third-order valence-corrected chi connectivity index (χ3v) is 2.38. The zero-order chi connectivity index (χ0) is 14.0. The topological polar surface area (TPSA) is 69.1 Å². The van der Waals surface area contributed by atoms with Gasteiger partial charge in [-0.2, -0.15) is 0 Å². The molecule has 0 saturated carbocycles. The van der Waals surface area contributed by atoms with Crippen LogP contribution in [0.25, 0.3) is 0 Å². The molecule has 0 aliphatic carbocycles. The number of para-hydroxylation sites is 2. The molecular weight excluding hydrogens is 224 g/mol. The monoisotopic (exact) mass is 244 g/mol. The van der Waals surface area contributed by atoms with Crippen molar-refractivity contribution in [3.8, 4) is 0 Å². The van der Waals surface area contributed by atoms with E-state index >= 15 is 0 Å². The lowest BCUT2D eigenvalue weighted by atomic mass is 10.2. The van der Waals surface area contributed by atoms with E-state index in [9.17, 15) is 0 Å². The molecule has 0 saturated heterocycles. The van der Waals surface area contributed by atoms with Crippen LogP contribution in [0.4, 0.5) is 11.4 Å². The van der Waals surface area contributed by atoms with Gasteiger partial charge in [-0.25, -0.2) is 0 Å². The Hall–Kier alpha value is -2.29. The number of anilines is 2. The fraction of sp³-hybridized carbons (Fsp3) is 0.133. The molecule has 0 atom stereocenters. The summed E-state index contributed by atoms with van der Waals surface area (Å²) >= 11 is 0. The van der Waals surface area contributed by atoms with Crippen molar-refractivity contribution in [1.82, 2.24) is 0 Å². The fourth-order valence-electron chi connectivity index (χ4n) is 1.17. The molecule has 0 aliphatic heterocycles. The first kappa shape index (κ1) is 15.7. The molecular formula is C15H20N2O. The predicted octanol–water partition coefficient (Wildman–Crippen LogP) is 2.97. The van der Waals surface area contributed by atoms with Crippen molar-refractivity contribution in [2.24, 2.45) is 0 Å². The summed E-state index contributed by atoms with van der Waals surface area (Å²) in [6.45, 7) is 5.99. The SMILES string of the molecule is C=O.Cc1ccccc1N.Cc1ccccc1N. The van der Waals surface area contributed by atoms with E-state index in [1.54, 1.807) is 0 Å². The Morgan fingerprint density at radius 1 is 0.722 bits per heavy atom. The van der Waals surface area contributed by atoms with Crippen LogP contribution in [0.1, 0.15) is 11.1 Å². The van der Waals surface area contributed by atoms with Crippen molar-refractivity contribution in [2.75, 3.05) is 11.5 Å². The highest BCUT2D eigenvalue weighted by Crippen LogP contribution is 2.07. The molecule has 3 nitrogen and oxygen atoms in total. The van der Waals surface area contributed by atoms with Crippen LogP contribution < -0.4 is 11.5 Å². The molecule has 2 rings (SSSR count). The maximum absolute atomic E-state index is 8.00. The third kappa shape index (κ3) is 5.70. The molecule has 0 unspecified atom stereocenters. The third-order valence-electron chi connectivity index (χ3n) is 2.38. The van der Waals surface area contributed by atoms with Gasteiger partial charge in [0.15, 0.2) is 0 Å². The summed E-state index contributed by atoms with van der Waals surface area (Å²) in [6.07, 6.45) is 0. The summed E-state index contributed by atoms with van der Waals surface area (Å²) in [6, 6.07) is 15.6. The molecule has 96 valence electrons. The van der Waals surface area contributed by atoms with Crippen LogP contribution >= 0.6 is 0 Å². The average molecular weight is 244 g/mol. The molecule has 2 aromatic rings. The standard InChI is InChI=1S/2C7H9N.CH2O/c2*1-6-4-2-3-5-7(6)8;1-2/h2*2-5H,8H2,1H3;1H2. The Morgan fingerprint density at radius 3 is 1.17 bits per heavy atom. The number of hydrogen-bond acceptors (Lipinski definition) is 3. The lowest BCUT2D eigenvalue weighted by Gasteiger charge is -1.93. The highest BCUT2D eigenvalue weighted by Gasteiger charge is 1.85. The van der Waals surface area contributed by atoms with Crippen LogP contribution in [-0.4, -0.2) is 6.79 Å². The average Bonchev–Trinajstić information content (AvgIpc) is 2.40. The molecule has 0 fully saturated rings. The van der Waals surface area contributed by atoms with Gasteiger partial charge in [0.1, 0.15) is 6.79 Å². The molecule has 4 N–H and O–H groups in total. The number of nitrogen functional groups attached to an aromatic ring is 2. The maximum atomic E-state index is 8.00. The summed E-state index contributed by atoms with van der Waals surface area (Å²) in [7, 11) is 0. The van der Waals surface area contributed by atoms with Gasteiger partial charge >= 0.3 is 0 Å². The van der Waals surface area contributed by atoms with E-state index in [4.69, 9.17) is 16.3 Å². The van der Waals surface area contributed by atoms with E-state index < -0.39 is 0 Å². The first-order valence-corrected chi connectivity index (χ1v) is 5.52. The lowest BCUT2D eigenvalue weighted by molar-refractivity contribution is -0.0979.